The highest BCUT2D eigenvalue weighted by molar-refractivity contribution is 5.93. The highest BCUT2D eigenvalue weighted by Gasteiger charge is 2.08. The molecule has 0 aliphatic carbocycles. The van der Waals surface area contributed by atoms with Crippen LogP contribution in [0.1, 0.15) is 25.3 Å². The first-order valence-electron chi connectivity index (χ1n) is 8.49. The van der Waals surface area contributed by atoms with Gasteiger partial charge in [-0.05, 0) is 46.2 Å². The topological polar surface area (TPSA) is 84.7 Å². The van der Waals surface area contributed by atoms with Gasteiger partial charge >= 0.3 is 0 Å². The fraction of sp³-hybridized carbons (Fsp3) is 0.263. The van der Waals surface area contributed by atoms with Crippen molar-refractivity contribution in [2.24, 2.45) is 7.05 Å². The van der Waals surface area contributed by atoms with E-state index in [0.717, 1.165) is 16.9 Å². The number of hydrogen-bond acceptors (Lipinski definition) is 5. The summed E-state index contributed by atoms with van der Waals surface area (Å²) in [4.78, 5) is 12.2. The van der Waals surface area contributed by atoms with Crippen molar-refractivity contribution in [1.82, 2.24) is 20.2 Å². The van der Waals surface area contributed by atoms with Crippen LogP contribution in [0.2, 0.25) is 0 Å². The van der Waals surface area contributed by atoms with Gasteiger partial charge in [0.05, 0.1) is 6.54 Å². The first-order valence-corrected chi connectivity index (χ1v) is 8.49. The summed E-state index contributed by atoms with van der Waals surface area (Å²) >= 11 is 0. The fourth-order valence-electron chi connectivity index (χ4n) is 2.58. The zero-order chi connectivity index (χ0) is 18.5. The summed E-state index contributed by atoms with van der Waals surface area (Å²) in [6.45, 7) is 4.46. The van der Waals surface area contributed by atoms with Crippen LogP contribution in [0.3, 0.4) is 0 Å². The van der Waals surface area contributed by atoms with E-state index in [1.807, 2.05) is 48.5 Å². The van der Waals surface area contributed by atoms with E-state index in [9.17, 15) is 4.79 Å². The summed E-state index contributed by atoms with van der Waals surface area (Å²) in [6.07, 6.45) is 0. The molecule has 0 spiro atoms. The number of carbonyl (C=O) groups excluding carboxylic acids is 1. The molecule has 2 aromatic carbocycles. The molecule has 7 nitrogen and oxygen atoms in total. The third-order valence-corrected chi connectivity index (χ3v) is 4.06. The molecule has 0 bridgehead atoms. The van der Waals surface area contributed by atoms with Crippen molar-refractivity contribution < 1.29 is 4.79 Å². The molecule has 0 aliphatic heterocycles. The van der Waals surface area contributed by atoms with Crippen molar-refractivity contribution in [1.29, 1.82) is 0 Å². The van der Waals surface area contributed by atoms with E-state index in [2.05, 4.69) is 40.0 Å². The molecule has 0 saturated heterocycles. The molecule has 3 aromatic rings. The van der Waals surface area contributed by atoms with Crippen LogP contribution in [0.4, 0.5) is 11.4 Å². The predicted molar refractivity (Wildman–Crippen MR) is 102 cm³/mol. The Morgan fingerprint density at radius 3 is 2.54 bits per heavy atom. The first kappa shape index (κ1) is 17.6. The van der Waals surface area contributed by atoms with Crippen molar-refractivity contribution in [3.8, 4) is 11.4 Å². The van der Waals surface area contributed by atoms with Crippen LogP contribution in [0.25, 0.3) is 11.4 Å². The lowest BCUT2D eigenvalue weighted by Gasteiger charge is -2.10. The number of tetrazole rings is 1. The summed E-state index contributed by atoms with van der Waals surface area (Å²) in [7, 11) is 1.79. The zero-order valence-electron chi connectivity index (χ0n) is 15.1. The minimum atomic E-state index is -0.104. The Kier molecular flexibility index (Phi) is 5.26. The Morgan fingerprint density at radius 2 is 1.88 bits per heavy atom. The lowest BCUT2D eigenvalue weighted by Crippen LogP contribution is -2.21. The van der Waals surface area contributed by atoms with Crippen molar-refractivity contribution in [3.05, 3.63) is 54.1 Å². The van der Waals surface area contributed by atoms with Crippen LogP contribution in [-0.2, 0) is 11.8 Å². The van der Waals surface area contributed by atoms with Gasteiger partial charge in [-0.1, -0.05) is 38.1 Å². The third-order valence-electron chi connectivity index (χ3n) is 4.06. The van der Waals surface area contributed by atoms with E-state index >= 15 is 0 Å². The standard InChI is InChI=1S/C19H22N6O/c1-13(2)14-7-9-16(10-8-14)21-18(26)12-20-17-6-4-5-15(11-17)19-22-23-24-25(19)3/h4-11,13,20H,12H2,1-3H3,(H,21,26). The lowest BCUT2D eigenvalue weighted by molar-refractivity contribution is -0.114. The number of anilines is 2. The second kappa shape index (κ2) is 7.77. The number of aromatic nitrogens is 4. The normalized spacial score (nSPS) is 10.8. The molecular weight excluding hydrogens is 328 g/mol. The maximum Gasteiger partial charge on any atom is 0.243 e. The fourth-order valence-corrected chi connectivity index (χ4v) is 2.58. The average Bonchev–Trinajstić information content (AvgIpc) is 3.07. The highest BCUT2D eigenvalue weighted by Crippen LogP contribution is 2.20. The van der Waals surface area contributed by atoms with Gasteiger partial charge in [0.2, 0.25) is 5.91 Å². The summed E-state index contributed by atoms with van der Waals surface area (Å²) in [5.74, 6) is 1.04. The maximum atomic E-state index is 12.2. The van der Waals surface area contributed by atoms with Gasteiger partial charge in [-0.25, -0.2) is 4.68 Å². The summed E-state index contributed by atoms with van der Waals surface area (Å²) < 4.78 is 1.60. The molecule has 1 aromatic heterocycles. The van der Waals surface area contributed by atoms with E-state index in [1.165, 1.54) is 5.56 Å². The first-order chi connectivity index (χ1) is 12.5. The molecular formula is C19H22N6O. The SMILES string of the molecule is CC(C)c1ccc(NC(=O)CNc2cccc(-c3nnnn3C)c2)cc1. The minimum Gasteiger partial charge on any atom is -0.376 e. The molecule has 0 unspecified atom stereocenters. The molecule has 134 valence electrons. The molecule has 2 N–H and O–H groups in total. The van der Waals surface area contributed by atoms with Crippen molar-refractivity contribution in [2.75, 3.05) is 17.2 Å². The summed E-state index contributed by atoms with van der Waals surface area (Å²) in [5, 5.41) is 17.5. The molecule has 3 rings (SSSR count). The summed E-state index contributed by atoms with van der Waals surface area (Å²) in [6, 6.07) is 15.6. The molecule has 0 aliphatic rings. The molecule has 0 atom stereocenters. The van der Waals surface area contributed by atoms with Crippen LogP contribution < -0.4 is 10.6 Å². The van der Waals surface area contributed by atoms with Crippen LogP contribution in [0, 0.1) is 0 Å². The van der Waals surface area contributed by atoms with Gasteiger partial charge in [0, 0.05) is 24.0 Å². The number of amides is 1. The Morgan fingerprint density at radius 1 is 1.12 bits per heavy atom. The Hall–Kier alpha value is -3.22. The number of aryl methyl sites for hydroxylation is 1. The number of hydrogen-bond donors (Lipinski definition) is 2. The van der Waals surface area contributed by atoms with E-state index in [-0.39, 0.29) is 12.5 Å². The Labute approximate surface area is 152 Å². The van der Waals surface area contributed by atoms with E-state index < -0.39 is 0 Å². The van der Waals surface area contributed by atoms with Gasteiger partial charge in [0.1, 0.15) is 0 Å². The maximum absolute atomic E-state index is 12.2. The van der Waals surface area contributed by atoms with Gasteiger partial charge in [0.15, 0.2) is 5.82 Å². The quantitative estimate of drug-likeness (QED) is 0.714. The minimum absolute atomic E-state index is 0.104. The van der Waals surface area contributed by atoms with Gasteiger partial charge in [-0.3, -0.25) is 4.79 Å². The van der Waals surface area contributed by atoms with Crippen LogP contribution in [0.5, 0.6) is 0 Å². The van der Waals surface area contributed by atoms with Gasteiger partial charge in [-0.2, -0.15) is 0 Å². The Bertz CT molecular complexity index is 885. The van der Waals surface area contributed by atoms with E-state index in [4.69, 9.17) is 0 Å². The Balaban J connectivity index is 1.58. The van der Waals surface area contributed by atoms with Crippen LogP contribution in [0.15, 0.2) is 48.5 Å². The largest absolute Gasteiger partial charge is 0.376 e. The molecule has 7 heteroatoms. The van der Waals surface area contributed by atoms with Gasteiger partial charge < -0.3 is 10.6 Å². The number of nitrogens with one attached hydrogen (secondary N) is 2. The molecule has 0 saturated carbocycles. The predicted octanol–water partition coefficient (Wildman–Crippen LogP) is 3.05. The number of rotatable bonds is 6. The van der Waals surface area contributed by atoms with E-state index in [0.29, 0.717) is 11.7 Å². The number of benzene rings is 2. The molecule has 1 amide bonds. The van der Waals surface area contributed by atoms with Gasteiger partial charge in [0.25, 0.3) is 0 Å². The summed E-state index contributed by atoms with van der Waals surface area (Å²) in [5.41, 5.74) is 3.75. The van der Waals surface area contributed by atoms with Crippen LogP contribution in [-0.4, -0.2) is 32.7 Å². The monoisotopic (exact) mass is 350 g/mol. The number of carbonyl (C=O) groups is 1. The molecule has 26 heavy (non-hydrogen) atoms. The van der Waals surface area contributed by atoms with Gasteiger partial charge in [-0.15, -0.1) is 5.10 Å². The third kappa shape index (κ3) is 4.24. The number of nitrogens with zero attached hydrogens (tertiary/aromatic N) is 4. The van der Waals surface area contributed by atoms with Crippen molar-refractivity contribution in [2.45, 2.75) is 19.8 Å². The zero-order valence-corrected chi connectivity index (χ0v) is 15.1. The smallest absolute Gasteiger partial charge is 0.243 e. The second-order valence-electron chi connectivity index (χ2n) is 6.39. The van der Waals surface area contributed by atoms with E-state index in [1.54, 1.807) is 11.7 Å². The van der Waals surface area contributed by atoms with Crippen molar-refractivity contribution >= 4 is 17.3 Å². The molecule has 0 fully saturated rings. The highest BCUT2D eigenvalue weighted by atomic mass is 16.1. The second-order valence-corrected chi connectivity index (χ2v) is 6.39. The van der Waals surface area contributed by atoms with Crippen molar-refractivity contribution in [3.63, 3.8) is 0 Å². The lowest BCUT2D eigenvalue weighted by atomic mass is 10.0. The van der Waals surface area contributed by atoms with Crippen LogP contribution >= 0.6 is 0 Å². The molecule has 1 heterocycles. The molecule has 0 radical (unpaired) electrons. The average molecular weight is 350 g/mol.